The van der Waals surface area contributed by atoms with E-state index < -0.39 is 0 Å². The Hall–Kier alpha value is -2.75. The van der Waals surface area contributed by atoms with E-state index >= 15 is 0 Å². The molecule has 128 valence electrons. The standard InChI is InChI=1S/C21H22N2O2/c1-13-3-9-19-17(11-13)18-12-14(4-10-20(18)23-19)21(24)22-15-5-7-16(25-2)8-6-15/h4-8,10,12-13,23H,3,9,11H2,1-2H3,(H,22,24)/t13-/m0/s1. The summed E-state index contributed by atoms with van der Waals surface area (Å²) in [6.45, 7) is 2.29. The number of anilines is 1. The third-order valence-electron chi connectivity index (χ3n) is 5.04. The Balaban J connectivity index is 1.62. The van der Waals surface area contributed by atoms with Gasteiger partial charge in [-0.2, -0.15) is 0 Å². The molecular formula is C21H22N2O2. The van der Waals surface area contributed by atoms with E-state index in [-0.39, 0.29) is 5.91 Å². The molecule has 4 rings (SSSR count). The van der Waals surface area contributed by atoms with Gasteiger partial charge in [-0.3, -0.25) is 4.79 Å². The van der Waals surface area contributed by atoms with Gasteiger partial charge in [-0.05, 0) is 73.2 Å². The predicted octanol–water partition coefficient (Wildman–Crippen LogP) is 4.55. The smallest absolute Gasteiger partial charge is 0.255 e. The van der Waals surface area contributed by atoms with Gasteiger partial charge in [-0.25, -0.2) is 0 Å². The summed E-state index contributed by atoms with van der Waals surface area (Å²) in [4.78, 5) is 16.1. The van der Waals surface area contributed by atoms with E-state index in [1.807, 2.05) is 42.5 Å². The Kier molecular flexibility index (Phi) is 3.96. The number of benzene rings is 2. The fourth-order valence-electron chi connectivity index (χ4n) is 3.61. The Bertz CT molecular complexity index is 925. The van der Waals surface area contributed by atoms with Crippen molar-refractivity contribution in [3.05, 3.63) is 59.3 Å². The molecule has 4 nitrogen and oxygen atoms in total. The van der Waals surface area contributed by atoms with E-state index in [0.29, 0.717) is 11.5 Å². The van der Waals surface area contributed by atoms with Gasteiger partial charge in [-0.1, -0.05) is 6.92 Å². The van der Waals surface area contributed by atoms with Gasteiger partial charge in [0.1, 0.15) is 5.75 Å². The minimum atomic E-state index is -0.0918. The third kappa shape index (κ3) is 3.00. The number of nitrogens with one attached hydrogen (secondary N) is 2. The molecule has 1 aliphatic carbocycles. The fourth-order valence-corrected chi connectivity index (χ4v) is 3.61. The lowest BCUT2D eigenvalue weighted by Gasteiger charge is -2.18. The number of rotatable bonds is 3. The van der Waals surface area contributed by atoms with Gasteiger partial charge >= 0.3 is 0 Å². The van der Waals surface area contributed by atoms with Crippen LogP contribution in [0, 0.1) is 5.92 Å². The average molecular weight is 334 g/mol. The van der Waals surface area contributed by atoms with E-state index in [1.165, 1.54) is 23.1 Å². The van der Waals surface area contributed by atoms with Crippen molar-refractivity contribution < 1.29 is 9.53 Å². The van der Waals surface area contributed by atoms with Gasteiger partial charge < -0.3 is 15.0 Å². The van der Waals surface area contributed by atoms with Crippen LogP contribution in [0.25, 0.3) is 10.9 Å². The van der Waals surface area contributed by atoms with E-state index in [4.69, 9.17) is 4.74 Å². The summed E-state index contributed by atoms with van der Waals surface area (Å²) in [6.07, 6.45) is 3.40. The molecule has 0 spiro atoms. The zero-order valence-corrected chi connectivity index (χ0v) is 14.6. The zero-order valence-electron chi connectivity index (χ0n) is 14.6. The largest absolute Gasteiger partial charge is 0.497 e. The van der Waals surface area contributed by atoms with Gasteiger partial charge in [0.05, 0.1) is 7.11 Å². The number of ether oxygens (including phenoxy) is 1. The van der Waals surface area contributed by atoms with Crippen molar-refractivity contribution in [1.82, 2.24) is 4.98 Å². The van der Waals surface area contributed by atoms with Crippen LogP contribution in [0.15, 0.2) is 42.5 Å². The first-order valence-electron chi connectivity index (χ1n) is 8.73. The van der Waals surface area contributed by atoms with Crippen LogP contribution >= 0.6 is 0 Å². The molecule has 25 heavy (non-hydrogen) atoms. The number of fused-ring (bicyclic) bond motifs is 3. The SMILES string of the molecule is COc1ccc(NC(=O)c2ccc3[nH]c4c(c3c2)C[C@@H](C)CC4)cc1. The Labute approximate surface area is 147 Å². The number of methoxy groups -OCH3 is 1. The first-order chi connectivity index (χ1) is 12.1. The average Bonchev–Trinajstić information content (AvgIpc) is 2.99. The van der Waals surface area contributed by atoms with Gasteiger partial charge in [-0.15, -0.1) is 0 Å². The number of H-pyrrole nitrogens is 1. The zero-order chi connectivity index (χ0) is 17.4. The number of aromatic nitrogens is 1. The first kappa shape index (κ1) is 15.8. The summed E-state index contributed by atoms with van der Waals surface area (Å²) in [5.41, 5.74) is 5.28. The van der Waals surface area contributed by atoms with Crippen LogP contribution in [0.2, 0.25) is 0 Å². The summed E-state index contributed by atoms with van der Waals surface area (Å²) in [5.74, 6) is 1.38. The molecule has 1 amide bonds. The Morgan fingerprint density at radius 2 is 2.00 bits per heavy atom. The number of aromatic amines is 1. The molecule has 0 bridgehead atoms. The van der Waals surface area contributed by atoms with Crippen molar-refractivity contribution in [2.24, 2.45) is 5.92 Å². The number of aryl methyl sites for hydroxylation is 1. The maximum Gasteiger partial charge on any atom is 0.255 e. The molecule has 1 aliphatic rings. The van der Waals surface area contributed by atoms with Crippen molar-refractivity contribution in [3.63, 3.8) is 0 Å². The highest BCUT2D eigenvalue weighted by molar-refractivity contribution is 6.06. The fraction of sp³-hybridized carbons (Fsp3) is 0.286. The van der Waals surface area contributed by atoms with Crippen LogP contribution < -0.4 is 10.1 Å². The predicted molar refractivity (Wildman–Crippen MR) is 100 cm³/mol. The van der Waals surface area contributed by atoms with Crippen LogP contribution in [0.5, 0.6) is 5.75 Å². The number of carbonyl (C=O) groups excluding carboxylic acids is 1. The van der Waals surface area contributed by atoms with Crippen LogP contribution in [-0.4, -0.2) is 18.0 Å². The van der Waals surface area contributed by atoms with Gasteiger partial charge in [0.2, 0.25) is 0 Å². The third-order valence-corrected chi connectivity index (χ3v) is 5.04. The Morgan fingerprint density at radius 1 is 1.20 bits per heavy atom. The Morgan fingerprint density at radius 3 is 2.76 bits per heavy atom. The molecule has 0 radical (unpaired) electrons. The van der Waals surface area contributed by atoms with Gasteiger partial charge in [0.25, 0.3) is 5.91 Å². The molecule has 0 unspecified atom stereocenters. The van der Waals surface area contributed by atoms with Crippen molar-refractivity contribution in [1.29, 1.82) is 0 Å². The molecule has 1 atom stereocenters. The van der Waals surface area contributed by atoms with Crippen LogP contribution in [0.4, 0.5) is 5.69 Å². The molecule has 0 aliphatic heterocycles. The van der Waals surface area contributed by atoms with Crippen molar-refractivity contribution in [2.45, 2.75) is 26.2 Å². The van der Waals surface area contributed by atoms with E-state index in [0.717, 1.165) is 29.8 Å². The summed E-state index contributed by atoms with van der Waals surface area (Å²) in [5, 5.41) is 4.13. The first-order valence-corrected chi connectivity index (χ1v) is 8.73. The lowest BCUT2D eigenvalue weighted by molar-refractivity contribution is 0.102. The topological polar surface area (TPSA) is 54.1 Å². The maximum atomic E-state index is 12.6. The van der Waals surface area contributed by atoms with Gasteiger partial charge in [0.15, 0.2) is 0 Å². The molecule has 2 N–H and O–H groups in total. The highest BCUT2D eigenvalue weighted by atomic mass is 16.5. The summed E-state index contributed by atoms with van der Waals surface area (Å²) in [7, 11) is 1.63. The lowest BCUT2D eigenvalue weighted by atomic mass is 9.87. The molecule has 4 heteroatoms. The van der Waals surface area contributed by atoms with Crippen molar-refractivity contribution in [3.8, 4) is 5.75 Å². The molecule has 0 fully saturated rings. The molecule has 3 aromatic rings. The second-order valence-electron chi connectivity index (χ2n) is 6.87. The number of hydrogen-bond acceptors (Lipinski definition) is 2. The summed E-state index contributed by atoms with van der Waals surface area (Å²) >= 11 is 0. The monoisotopic (exact) mass is 334 g/mol. The highest BCUT2D eigenvalue weighted by Crippen LogP contribution is 2.32. The summed E-state index contributed by atoms with van der Waals surface area (Å²) < 4.78 is 5.14. The van der Waals surface area contributed by atoms with Crippen LogP contribution in [0.1, 0.15) is 35.0 Å². The second-order valence-corrected chi connectivity index (χ2v) is 6.87. The van der Waals surface area contributed by atoms with Crippen LogP contribution in [-0.2, 0) is 12.8 Å². The highest BCUT2D eigenvalue weighted by Gasteiger charge is 2.20. The number of amides is 1. The normalized spacial score (nSPS) is 16.5. The number of hydrogen-bond donors (Lipinski definition) is 2. The van der Waals surface area contributed by atoms with Crippen molar-refractivity contribution >= 4 is 22.5 Å². The molecule has 0 saturated carbocycles. The minimum Gasteiger partial charge on any atom is -0.497 e. The van der Waals surface area contributed by atoms with Crippen LogP contribution in [0.3, 0.4) is 0 Å². The van der Waals surface area contributed by atoms with E-state index in [2.05, 4.69) is 17.2 Å². The molecular weight excluding hydrogens is 312 g/mol. The minimum absolute atomic E-state index is 0.0918. The second kappa shape index (κ2) is 6.28. The van der Waals surface area contributed by atoms with Crippen molar-refractivity contribution in [2.75, 3.05) is 12.4 Å². The number of carbonyl (C=O) groups is 1. The van der Waals surface area contributed by atoms with Gasteiger partial charge in [0, 0.05) is 27.8 Å². The molecule has 1 aromatic heterocycles. The van der Waals surface area contributed by atoms with E-state index in [1.54, 1.807) is 7.11 Å². The maximum absolute atomic E-state index is 12.6. The molecule has 1 heterocycles. The quantitative estimate of drug-likeness (QED) is 0.738. The van der Waals surface area contributed by atoms with E-state index in [9.17, 15) is 4.79 Å². The molecule has 2 aromatic carbocycles. The molecule has 0 saturated heterocycles. The summed E-state index contributed by atoms with van der Waals surface area (Å²) in [6, 6.07) is 13.3. The lowest BCUT2D eigenvalue weighted by Crippen LogP contribution is -2.12.